The van der Waals surface area contributed by atoms with Gasteiger partial charge in [-0.1, -0.05) is 6.07 Å². The number of aromatic nitrogens is 4. The zero-order valence-electron chi connectivity index (χ0n) is 12.7. The lowest BCUT2D eigenvalue weighted by molar-refractivity contribution is -0.167. The minimum atomic E-state index is -0.0957. The van der Waals surface area contributed by atoms with Gasteiger partial charge >= 0.3 is 0 Å². The fraction of sp³-hybridized carbons (Fsp3) is 0.533. The number of anilines is 1. The standard InChI is InChI=1S/C15H21N5O2/c1-11(9-22-14-7-2-3-8-21-14)20-10-17-19-15(20)12-5-4-6-13(16)18-12/h4-6,10-11,14H,2-3,7-9H2,1H3,(H2,16,18)/t11-,14?/m1/s1. The van der Waals surface area contributed by atoms with Crippen LogP contribution in [0.25, 0.3) is 11.5 Å². The molecule has 0 bridgehead atoms. The Morgan fingerprint density at radius 2 is 2.36 bits per heavy atom. The van der Waals surface area contributed by atoms with E-state index in [2.05, 4.69) is 22.1 Å². The van der Waals surface area contributed by atoms with E-state index in [1.807, 2.05) is 16.7 Å². The molecule has 2 aromatic heterocycles. The third-order valence-electron chi connectivity index (χ3n) is 3.71. The first-order valence-electron chi connectivity index (χ1n) is 7.59. The quantitative estimate of drug-likeness (QED) is 0.909. The Kier molecular flexibility index (Phi) is 4.65. The zero-order valence-corrected chi connectivity index (χ0v) is 12.7. The summed E-state index contributed by atoms with van der Waals surface area (Å²) in [7, 11) is 0. The van der Waals surface area contributed by atoms with Crippen LogP contribution in [0.3, 0.4) is 0 Å². The van der Waals surface area contributed by atoms with Gasteiger partial charge < -0.3 is 19.8 Å². The smallest absolute Gasteiger partial charge is 0.182 e. The summed E-state index contributed by atoms with van der Waals surface area (Å²) in [6, 6.07) is 5.55. The summed E-state index contributed by atoms with van der Waals surface area (Å²) in [5.41, 5.74) is 6.44. The first kappa shape index (κ1) is 14.9. The second-order valence-corrected chi connectivity index (χ2v) is 5.49. The Hall–Kier alpha value is -1.99. The molecule has 2 atom stereocenters. The van der Waals surface area contributed by atoms with E-state index in [1.165, 1.54) is 0 Å². The SMILES string of the molecule is C[C@H](COC1CCCCO1)n1cnnc1-c1cccc(N)n1. The van der Waals surface area contributed by atoms with Crippen LogP contribution in [0.4, 0.5) is 5.82 Å². The summed E-state index contributed by atoms with van der Waals surface area (Å²) in [4.78, 5) is 4.30. The summed E-state index contributed by atoms with van der Waals surface area (Å²) in [6.45, 7) is 3.38. The van der Waals surface area contributed by atoms with Crippen LogP contribution < -0.4 is 5.73 Å². The lowest BCUT2D eigenvalue weighted by Gasteiger charge is -2.24. The van der Waals surface area contributed by atoms with E-state index in [-0.39, 0.29) is 12.3 Å². The summed E-state index contributed by atoms with van der Waals surface area (Å²) < 4.78 is 13.4. The van der Waals surface area contributed by atoms with Crippen LogP contribution in [0.2, 0.25) is 0 Å². The van der Waals surface area contributed by atoms with Gasteiger partial charge in [-0.15, -0.1) is 10.2 Å². The van der Waals surface area contributed by atoms with E-state index in [1.54, 1.807) is 12.4 Å². The summed E-state index contributed by atoms with van der Waals surface area (Å²) >= 11 is 0. The molecule has 0 spiro atoms. The highest BCUT2D eigenvalue weighted by Crippen LogP contribution is 2.21. The predicted molar refractivity (Wildman–Crippen MR) is 81.9 cm³/mol. The number of rotatable bonds is 5. The van der Waals surface area contributed by atoms with Crippen molar-refractivity contribution in [1.29, 1.82) is 0 Å². The van der Waals surface area contributed by atoms with Crippen molar-refractivity contribution >= 4 is 5.82 Å². The normalized spacial score (nSPS) is 20.0. The topological polar surface area (TPSA) is 88.1 Å². The molecule has 118 valence electrons. The lowest BCUT2D eigenvalue weighted by atomic mass is 10.2. The molecule has 3 rings (SSSR count). The second-order valence-electron chi connectivity index (χ2n) is 5.49. The average Bonchev–Trinajstić information content (AvgIpc) is 3.03. The van der Waals surface area contributed by atoms with Crippen LogP contribution in [-0.2, 0) is 9.47 Å². The molecular weight excluding hydrogens is 282 g/mol. The molecule has 7 nitrogen and oxygen atoms in total. The van der Waals surface area contributed by atoms with Crippen LogP contribution in [0, 0.1) is 0 Å². The number of hydrogen-bond donors (Lipinski definition) is 1. The van der Waals surface area contributed by atoms with Crippen molar-refractivity contribution in [2.75, 3.05) is 18.9 Å². The highest BCUT2D eigenvalue weighted by molar-refractivity contribution is 5.52. The van der Waals surface area contributed by atoms with Crippen molar-refractivity contribution in [3.8, 4) is 11.5 Å². The largest absolute Gasteiger partial charge is 0.384 e. The third-order valence-corrected chi connectivity index (χ3v) is 3.71. The molecule has 7 heteroatoms. The highest BCUT2D eigenvalue weighted by Gasteiger charge is 2.18. The van der Waals surface area contributed by atoms with Crippen molar-refractivity contribution in [3.05, 3.63) is 24.5 Å². The van der Waals surface area contributed by atoms with Gasteiger partial charge in [0.2, 0.25) is 0 Å². The molecule has 0 saturated carbocycles. The summed E-state index contributed by atoms with van der Waals surface area (Å²) in [5, 5.41) is 8.14. The fourth-order valence-corrected chi connectivity index (χ4v) is 2.49. The molecule has 2 aromatic rings. The van der Waals surface area contributed by atoms with Gasteiger partial charge in [0.1, 0.15) is 17.8 Å². The van der Waals surface area contributed by atoms with Gasteiger partial charge in [-0.25, -0.2) is 4.98 Å². The Balaban J connectivity index is 1.68. The maximum Gasteiger partial charge on any atom is 0.182 e. The highest BCUT2D eigenvalue weighted by atomic mass is 16.7. The van der Waals surface area contributed by atoms with E-state index >= 15 is 0 Å². The number of pyridine rings is 1. The first-order valence-corrected chi connectivity index (χ1v) is 7.59. The molecule has 22 heavy (non-hydrogen) atoms. The Labute approximate surface area is 129 Å². The van der Waals surface area contributed by atoms with Gasteiger partial charge in [0.05, 0.1) is 12.6 Å². The van der Waals surface area contributed by atoms with Crippen LogP contribution in [0.1, 0.15) is 32.2 Å². The van der Waals surface area contributed by atoms with Gasteiger partial charge in [0.25, 0.3) is 0 Å². The molecule has 0 aliphatic carbocycles. The average molecular weight is 303 g/mol. The number of nitrogens with two attached hydrogens (primary N) is 1. The fourth-order valence-electron chi connectivity index (χ4n) is 2.49. The van der Waals surface area contributed by atoms with Crippen LogP contribution in [0.15, 0.2) is 24.5 Å². The van der Waals surface area contributed by atoms with Gasteiger partial charge in [0, 0.05) is 6.61 Å². The number of hydrogen-bond acceptors (Lipinski definition) is 6. The number of nitrogen functional groups attached to an aromatic ring is 1. The third kappa shape index (κ3) is 3.42. The molecule has 1 aliphatic rings. The summed E-state index contributed by atoms with van der Waals surface area (Å²) in [5.74, 6) is 1.15. The molecular formula is C15H21N5O2. The van der Waals surface area contributed by atoms with Gasteiger partial charge in [-0.05, 0) is 38.3 Å². The molecule has 1 fully saturated rings. The maximum atomic E-state index is 5.84. The van der Waals surface area contributed by atoms with Crippen LogP contribution in [-0.4, -0.2) is 39.3 Å². The monoisotopic (exact) mass is 303 g/mol. The van der Waals surface area contributed by atoms with E-state index in [0.717, 1.165) is 25.9 Å². The van der Waals surface area contributed by atoms with Crippen molar-refractivity contribution in [1.82, 2.24) is 19.7 Å². The molecule has 1 saturated heterocycles. The van der Waals surface area contributed by atoms with Crippen molar-refractivity contribution in [2.45, 2.75) is 38.5 Å². The Bertz CT molecular complexity index is 609. The van der Waals surface area contributed by atoms with E-state index in [4.69, 9.17) is 15.2 Å². The second kappa shape index (κ2) is 6.85. The zero-order chi connectivity index (χ0) is 15.4. The molecule has 1 aliphatic heterocycles. The molecule has 0 aromatic carbocycles. The van der Waals surface area contributed by atoms with Gasteiger partial charge in [-0.2, -0.15) is 0 Å². The van der Waals surface area contributed by atoms with Crippen LogP contribution >= 0.6 is 0 Å². The number of nitrogens with zero attached hydrogens (tertiary/aromatic N) is 4. The van der Waals surface area contributed by atoms with Crippen molar-refractivity contribution in [2.24, 2.45) is 0 Å². The van der Waals surface area contributed by atoms with Crippen molar-refractivity contribution < 1.29 is 9.47 Å². The van der Waals surface area contributed by atoms with Gasteiger partial charge in [0.15, 0.2) is 12.1 Å². The lowest BCUT2D eigenvalue weighted by Crippen LogP contribution is -2.25. The van der Waals surface area contributed by atoms with E-state index in [9.17, 15) is 0 Å². The molecule has 1 unspecified atom stereocenters. The number of ether oxygens (including phenoxy) is 2. The Morgan fingerprint density at radius 1 is 1.45 bits per heavy atom. The molecule has 2 N–H and O–H groups in total. The van der Waals surface area contributed by atoms with E-state index in [0.29, 0.717) is 23.9 Å². The molecule has 3 heterocycles. The summed E-state index contributed by atoms with van der Waals surface area (Å²) in [6.07, 6.45) is 4.83. The molecule has 0 radical (unpaired) electrons. The minimum Gasteiger partial charge on any atom is -0.384 e. The van der Waals surface area contributed by atoms with Crippen LogP contribution in [0.5, 0.6) is 0 Å². The Morgan fingerprint density at radius 3 is 3.14 bits per heavy atom. The van der Waals surface area contributed by atoms with Gasteiger partial charge in [-0.3, -0.25) is 0 Å². The maximum absolute atomic E-state index is 5.84. The minimum absolute atomic E-state index is 0.0822. The van der Waals surface area contributed by atoms with E-state index < -0.39 is 0 Å². The predicted octanol–water partition coefficient (Wildman–Crippen LogP) is 2.03. The van der Waals surface area contributed by atoms with Crippen molar-refractivity contribution in [3.63, 3.8) is 0 Å². The molecule has 0 amide bonds. The first-order chi connectivity index (χ1) is 10.7.